The molecule has 0 saturated carbocycles. The number of ether oxygens (including phenoxy) is 1. The van der Waals surface area contributed by atoms with Crippen LogP contribution in [0.15, 0.2) is 42.5 Å². The van der Waals surface area contributed by atoms with Gasteiger partial charge >= 0.3 is 0 Å². The molecule has 0 amide bonds. The molecule has 0 aliphatic heterocycles. The summed E-state index contributed by atoms with van der Waals surface area (Å²) < 4.78 is 6.40. The van der Waals surface area contributed by atoms with Crippen molar-refractivity contribution in [2.75, 3.05) is 19.0 Å². The maximum absolute atomic E-state index is 5.16. The summed E-state index contributed by atoms with van der Waals surface area (Å²) in [5.74, 6) is 0.897. The number of rotatable bonds is 5. The van der Waals surface area contributed by atoms with E-state index in [0.717, 1.165) is 29.4 Å². The molecule has 4 heteroatoms. The largest absolute Gasteiger partial charge is 0.497 e. The van der Waals surface area contributed by atoms with E-state index in [4.69, 9.17) is 4.74 Å². The summed E-state index contributed by atoms with van der Waals surface area (Å²) in [5, 5.41) is 4.41. The summed E-state index contributed by atoms with van der Waals surface area (Å²) in [5.41, 5.74) is 3.63. The number of para-hydroxylation sites is 1. The van der Waals surface area contributed by atoms with Crippen LogP contribution in [0.4, 0.5) is 5.13 Å². The van der Waals surface area contributed by atoms with Crippen LogP contribution >= 0.6 is 11.3 Å². The van der Waals surface area contributed by atoms with Crippen molar-refractivity contribution >= 4 is 26.7 Å². The van der Waals surface area contributed by atoms with Crippen LogP contribution in [0.2, 0.25) is 0 Å². The lowest BCUT2D eigenvalue weighted by Crippen LogP contribution is -2.04. The highest BCUT2D eigenvalue weighted by atomic mass is 32.1. The van der Waals surface area contributed by atoms with Crippen molar-refractivity contribution in [2.24, 2.45) is 0 Å². The van der Waals surface area contributed by atoms with Crippen molar-refractivity contribution < 1.29 is 4.74 Å². The van der Waals surface area contributed by atoms with Gasteiger partial charge < -0.3 is 10.1 Å². The monoisotopic (exact) mass is 298 g/mol. The number of fused-ring (bicyclic) bond motifs is 1. The van der Waals surface area contributed by atoms with E-state index >= 15 is 0 Å². The minimum Gasteiger partial charge on any atom is -0.497 e. The molecule has 0 atom stereocenters. The number of benzene rings is 2. The van der Waals surface area contributed by atoms with E-state index in [2.05, 4.69) is 47.6 Å². The van der Waals surface area contributed by atoms with E-state index in [1.807, 2.05) is 12.1 Å². The van der Waals surface area contributed by atoms with Crippen LogP contribution in [0.5, 0.6) is 5.75 Å². The lowest BCUT2D eigenvalue weighted by molar-refractivity contribution is 0.414. The SMILES string of the molecule is COc1ccc(CCNc2nc3c(C)cccc3s2)cc1. The van der Waals surface area contributed by atoms with Gasteiger partial charge in [0.15, 0.2) is 5.13 Å². The fourth-order valence-corrected chi connectivity index (χ4v) is 3.24. The van der Waals surface area contributed by atoms with Crippen molar-refractivity contribution in [2.45, 2.75) is 13.3 Å². The number of hydrogen-bond donors (Lipinski definition) is 1. The number of hydrogen-bond acceptors (Lipinski definition) is 4. The quantitative estimate of drug-likeness (QED) is 0.764. The molecule has 0 saturated heterocycles. The van der Waals surface area contributed by atoms with Gasteiger partial charge in [0.1, 0.15) is 5.75 Å². The molecular weight excluding hydrogens is 280 g/mol. The van der Waals surface area contributed by atoms with Gasteiger partial charge in [-0.05, 0) is 42.7 Å². The van der Waals surface area contributed by atoms with Crippen molar-refractivity contribution in [1.82, 2.24) is 4.98 Å². The van der Waals surface area contributed by atoms with Crippen LogP contribution in [-0.2, 0) is 6.42 Å². The minimum absolute atomic E-state index is 0.880. The lowest BCUT2D eigenvalue weighted by atomic mass is 10.1. The van der Waals surface area contributed by atoms with Crippen LogP contribution < -0.4 is 10.1 Å². The molecule has 2 aromatic carbocycles. The molecule has 0 bridgehead atoms. The number of aryl methyl sites for hydroxylation is 1. The first-order chi connectivity index (χ1) is 10.3. The maximum atomic E-state index is 5.16. The molecule has 3 nitrogen and oxygen atoms in total. The Morgan fingerprint density at radius 1 is 1.14 bits per heavy atom. The topological polar surface area (TPSA) is 34.1 Å². The van der Waals surface area contributed by atoms with Gasteiger partial charge in [-0.2, -0.15) is 0 Å². The molecule has 3 aromatic rings. The van der Waals surface area contributed by atoms with Gasteiger partial charge in [-0.1, -0.05) is 35.6 Å². The second-order valence-corrected chi connectivity index (χ2v) is 6.00. The zero-order valence-electron chi connectivity index (χ0n) is 12.2. The van der Waals surface area contributed by atoms with Gasteiger partial charge in [-0.15, -0.1) is 0 Å². The number of thiazole rings is 1. The average molecular weight is 298 g/mol. The van der Waals surface area contributed by atoms with Crippen LogP contribution in [0.1, 0.15) is 11.1 Å². The molecule has 3 rings (SSSR count). The molecule has 0 aliphatic rings. The van der Waals surface area contributed by atoms with Gasteiger partial charge in [0, 0.05) is 6.54 Å². The van der Waals surface area contributed by atoms with Crippen molar-refractivity contribution in [1.29, 1.82) is 0 Å². The number of anilines is 1. The molecular formula is C17H18N2OS. The molecule has 108 valence electrons. The van der Waals surface area contributed by atoms with Crippen LogP contribution in [0, 0.1) is 6.92 Å². The number of aromatic nitrogens is 1. The Hall–Kier alpha value is -2.07. The predicted molar refractivity (Wildman–Crippen MR) is 89.5 cm³/mol. The van der Waals surface area contributed by atoms with Crippen molar-refractivity contribution in [3.63, 3.8) is 0 Å². The summed E-state index contributed by atoms with van der Waals surface area (Å²) in [7, 11) is 1.69. The van der Waals surface area contributed by atoms with E-state index < -0.39 is 0 Å². The highest BCUT2D eigenvalue weighted by molar-refractivity contribution is 7.22. The van der Waals surface area contributed by atoms with Gasteiger partial charge in [0.05, 0.1) is 17.3 Å². The molecule has 0 radical (unpaired) electrons. The molecule has 1 aromatic heterocycles. The van der Waals surface area contributed by atoms with Crippen molar-refractivity contribution in [3.8, 4) is 5.75 Å². The molecule has 21 heavy (non-hydrogen) atoms. The third-order valence-electron chi connectivity index (χ3n) is 3.47. The number of nitrogens with zero attached hydrogens (tertiary/aromatic N) is 1. The summed E-state index contributed by atoms with van der Waals surface area (Å²) in [4.78, 5) is 4.66. The Balaban J connectivity index is 1.62. The maximum Gasteiger partial charge on any atom is 0.183 e. The zero-order chi connectivity index (χ0) is 14.7. The Morgan fingerprint density at radius 3 is 2.67 bits per heavy atom. The third kappa shape index (κ3) is 3.16. The smallest absolute Gasteiger partial charge is 0.183 e. The fourth-order valence-electron chi connectivity index (χ4n) is 2.27. The highest BCUT2D eigenvalue weighted by Crippen LogP contribution is 2.27. The predicted octanol–water partition coefficient (Wildman–Crippen LogP) is 4.27. The standard InChI is InChI=1S/C17H18N2OS/c1-12-4-3-5-15-16(12)19-17(21-15)18-11-10-13-6-8-14(20-2)9-7-13/h3-9H,10-11H2,1-2H3,(H,18,19). The Bertz CT molecular complexity index is 734. The second kappa shape index (κ2) is 6.14. The fraction of sp³-hybridized carbons (Fsp3) is 0.235. The Labute approximate surface area is 128 Å². The minimum atomic E-state index is 0.880. The molecule has 0 spiro atoms. The van der Waals surface area contributed by atoms with Crippen LogP contribution in [0.3, 0.4) is 0 Å². The normalized spacial score (nSPS) is 10.8. The van der Waals surface area contributed by atoms with E-state index in [-0.39, 0.29) is 0 Å². The summed E-state index contributed by atoms with van der Waals surface area (Å²) in [6.07, 6.45) is 0.971. The van der Waals surface area contributed by atoms with Crippen LogP contribution in [-0.4, -0.2) is 18.6 Å². The van der Waals surface area contributed by atoms with Crippen LogP contribution in [0.25, 0.3) is 10.2 Å². The molecule has 0 unspecified atom stereocenters. The first-order valence-corrected chi connectivity index (χ1v) is 7.81. The first kappa shape index (κ1) is 13.9. The number of methoxy groups -OCH3 is 1. The van der Waals surface area contributed by atoms with Gasteiger partial charge in [0.2, 0.25) is 0 Å². The van der Waals surface area contributed by atoms with Gasteiger partial charge in [-0.3, -0.25) is 0 Å². The van der Waals surface area contributed by atoms with Gasteiger partial charge in [0.25, 0.3) is 0 Å². The first-order valence-electron chi connectivity index (χ1n) is 6.99. The van der Waals surface area contributed by atoms with Crippen molar-refractivity contribution in [3.05, 3.63) is 53.6 Å². The average Bonchev–Trinajstić information content (AvgIpc) is 2.92. The highest BCUT2D eigenvalue weighted by Gasteiger charge is 2.05. The van der Waals surface area contributed by atoms with E-state index in [1.165, 1.54) is 15.8 Å². The summed E-state index contributed by atoms with van der Waals surface area (Å²) in [6.45, 7) is 2.98. The van der Waals surface area contributed by atoms with E-state index in [9.17, 15) is 0 Å². The molecule has 0 aliphatic carbocycles. The molecule has 1 N–H and O–H groups in total. The van der Waals surface area contributed by atoms with E-state index in [0.29, 0.717) is 0 Å². The van der Waals surface area contributed by atoms with E-state index in [1.54, 1.807) is 18.4 Å². The third-order valence-corrected chi connectivity index (χ3v) is 4.45. The summed E-state index contributed by atoms with van der Waals surface area (Å²) >= 11 is 1.71. The Morgan fingerprint density at radius 2 is 1.95 bits per heavy atom. The lowest BCUT2D eigenvalue weighted by Gasteiger charge is -2.04. The molecule has 1 heterocycles. The second-order valence-electron chi connectivity index (χ2n) is 4.97. The zero-order valence-corrected chi connectivity index (χ0v) is 13.0. The number of nitrogens with one attached hydrogen (secondary N) is 1. The summed E-state index contributed by atoms with van der Waals surface area (Å²) in [6, 6.07) is 14.5. The van der Waals surface area contributed by atoms with Gasteiger partial charge in [-0.25, -0.2) is 4.98 Å². The Kier molecular flexibility index (Phi) is 4.06. The molecule has 0 fully saturated rings.